The Morgan fingerprint density at radius 3 is 2.56 bits per heavy atom. The van der Waals surface area contributed by atoms with E-state index in [1.807, 2.05) is 25.1 Å². The Balaban J connectivity index is 2.49. The molecule has 0 saturated carbocycles. The minimum atomic E-state index is 0.479. The molecule has 0 unspecified atom stereocenters. The number of aromatic nitrogens is 1. The smallest absolute Gasteiger partial charge is 0.182 e. The standard InChI is InChI=1S/C11H13N3OS/c1-6-5-7(3-4-8(6)15-2)9-10(12)14-11(13)16-9/h3-5H,12H2,1-2H3,(H2,13,14). The lowest BCUT2D eigenvalue weighted by atomic mass is 10.1. The molecule has 1 aromatic carbocycles. The molecule has 5 heteroatoms. The minimum Gasteiger partial charge on any atom is -0.496 e. The molecule has 0 bridgehead atoms. The first-order valence-corrected chi connectivity index (χ1v) is 5.60. The third kappa shape index (κ3) is 1.81. The molecule has 0 radical (unpaired) electrons. The van der Waals surface area contributed by atoms with Crippen LogP contribution in [0.5, 0.6) is 5.75 Å². The van der Waals surface area contributed by atoms with E-state index >= 15 is 0 Å². The van der Waals surface area contributed by atoms with Crippen molar-refractivity contribution in [3.8, 4) is 16.2 Å². The zero-order chi connectivity index (χ0) is 11.7. The van der Waals surface area contributed by atoms with E-state index in [1.165, 1.54) is 11.3 Å². The molecule has 0 fully saturated rings. The molecule has 0 aliphatic heterocycles. The number of ether oxygens (including phenoxy) is 1. The summed E-state index contributed by atoms with van der Waals surface area (Å²) in [5.41, 5.74) is 13.5. The van der Waals surface area contributed by atoms with Gasteiger partial charge in [-0.25, -0.2) is 4.98 Å². The predicted octanol–water partition coefficient (Wildman–Crippen LogP) is 2.29. The van der Waals surface area contributed by atoms with Crippen LogP contribution in [0.2, 0.25) is 0 Å². The number of nitrogens with two attached hydrogens (primary N) is 2. The fourth-order valence-corrected chi connectivity index (χ4v) is 2.32. The van der Waals surface area contributed by atoms with E-state index < -0.39 is 0 Å². The SMILES string of the molecule is COc1ccc(-c2sc(N)nc2N)cc1C. The molecule has 0 aliphatic rings. The van der Waals surface area contributed by atoms with Gasteiger partial charge in [0.15, 0.2) is 5.13 Å². The lowest BCUT2D eigenvalue weighted by molar-refractivity contribution is 0.412. The van der Waals surface area contributed by atoms with E-state index in [2.05, 4.69) is 4.98 Å². The molecule has 2 aromatic rings. The summed E-state index contributed by atoms with van der Waals surface area (Å²) < 4.78 is 5.20. The van der Waals surface area contributed by atoms with Gasteiger partial charge in [0.1, 0.15) is 11.6 Å². The van der Waals surface area contributed by atoms with Crippen molar-refractivity contribution >= 4 is 22.3 Å². The van der Waals surface area contributed by atoms with Crippen LogP contribution in [0, 0.1) is 6.92 Å². The van der Waals surface area contributed by atoms with Crippen LogP contribution in [-0.2, 0) is 0 Å². The summed E-state index contributed by atoms with van der Waals surface area (Å²) in [6.45, 7) is 1.99. The summed E-state index contributed by atoms with van der Waals surface area (Å²) >= 11 is 1.39. The van der Waals surface area contributed by atoms with Gasteiger partial charge in [-0.05, 0) is 36.2 Å². The average molecular weight is 235 g/mol. The van der Waals surface area contributed by atoms with Crippen molar-refractivity contribution in [3.63, 3.8) is 0 Å². The number of anilines is 2. The molecular weight excluding hydrogens is 222 g/mol. The number of thiazole rings is 1. The van der Waals surface area contributed by atoms with Gasteiger partial charge in [-0.3, -0.25) is 0 Å². The second-order valence-corrected chi connectivity index (χ2v) is 4.48. The number of hydrogen-bond acceptors (Lipinski definition) is 5. The van der Waals surface area contributed by atoms with Gasteiger partial charge in [0.05, 0.1) is 12.0 Å². The number of rotatable bonds is 2. The van der Waals surface area contributed by atoms with E-state index in [4.69, 9.17) is 16.2 Å². The molecule has 1 aromatic heterocycles. The zero-order valence-corrected chi connectivity index (χ0v) is 9.97. The van der Waals surface area contributed by atoms with Gasteiger partial charge in [0, 0.05) is 0 Å². The summed E-state index contributed by atoms with van der Waals surface area (Å²) in [7, 11) is 1.65. The first-order chi connectivity index (χ1) is 7.61. The highest BCUT2D eigenvalue weighted by Crippen LogP contribution is 2.35. The van der Waals surface area contributed by atoms with Crippen LogP contribution >= 0.6 is 11.3 Å². The Bertz CT molecular complexity index is 522. The first-order valence-electron chi connectivity index (χ1n) is 4.78. The molecule has 16 heavy (non-hydrogen) atoms. The van der Waals surface area contributed by atoms with Crippen LogP contribution in [0.15, 0.2) is 18.2 Å². The van der Waals surface area contributed by atoms with Crippen molar-refractivity contribution in [2.24, 2.45) is 0 Å². The summed E-state index contributed by atoms with van der Waals surface area (Å²) in [4.78, 5) is 4.91. The Morgan fingerprint density at radius 2 is 2.06 bits per heavy atom. The van der Waals surface area contributed by atoms with Crippen LogP contribution in [0.25, 0.3) is 10.4 Å². The maximum absolute atomic E-state index is 5.78. The highest BCUT2D eigenvalue weighted by Gasteiger charge is 2.10. The highest BCUT2D eigenvalue weighted by atomic mass is 32.1. The summed E-state index contributed by atoms with van der Waals surface area (Å²) in [6.07, 6.45) is 0. The Hall–Kier alpha value is -1.75. The second-order valence-electron chi connectivity index (χ2n) is 3.45. The van der Waals surface area contributed by atoms with Crippen molar-refractivity contribution in [2.75, 3.05) is 18.6 Å². The molecule has 4 nitrogen and oxygen atoms in total. The van der Waals surface area contributed by atoms with Crippen LogP contribution < -0.4 is 16.2 Å². The van der Waals surface area contributed by atoms with Gasteiger partial charge in [-0.15, -0.1) is 0 Å². The van der Waals surface area contributed by atoms with Crippen LogP contribution in [0.3, 0.4) is 0 Å². The number of methoxy groups -OCH3 is 1. The number of aryl methyl sites for hydroxylation is 1. The Morgan fingerprint density at radius 1 is 1.31 bits per heavy atom. The number of nitrogen functional groups attached to an aromatic ring is 2. The minimum absolute atomic E-state index is 0.479. The van der Waals surface area contributed by atoms with E-state index in [0.717, 1.165) is 21.8 Å². The quantitative estimate of drug-likeness (QED) is 0.837. The number of hydrogen-bond donors (Lipinski definition) is 2. The third-order valence-electron chi connectivity index (χ3n) is 2.33. The molecule has 0 amide bonds. The molecule has 2 rings (SSSR count). The summed E-state index contributed by atoms with van der Waals surface area (Å²) in [6, 6.07) is 5.89. The monoisotopic (exact) mass is 235 g/mol. The maximum Gasteiger partial charge on any atom is 0.182 e. The number of nitrogens with zero attached hydrogens (tertiary/aromatic N) is 1. The molecule has 0 spiro atoms. The zero-order valence-electron chi connectivity index (χ0n) is 9.15. The predicted molar refractivity (Wildman–Crippen MR) is 67.7 cm³/mol. The largest absolute Gasteiger partial charge is 0.496 e. The van der Waals surface area contributed by atoms with Crippen LogP contribution in [-0.4, -0.2) is 12.1 Å². The average Bonchev–Trinajstić information content (AvgIpc) is 2.58. The van der Waals surface area contributed by atoms with Gasteiger partial charge in [-0.2, -0.15) is 0 Å². The lowest BCUT2D eigenvalue weighted by Gasteiger charge is -2.06. The van der Waals surface area contributed by atoms with Crippen molar-refractivity contribution in [1.29, 1.82) is 0 Å². The van der Waals surface area contributed by atoms with Crippen molar-refractivity contribution < 1.29 is 4.74 Å². The highest BCUT2D eigenvalue weighted by molar-refractivity contribution is 7.19. The number of benzene rings is 1. The van der Waals surface area contributed by atoms with Crippen molar-refractivity contribution in [1.82, 2.24) is 4.98 Å². The molecule has 0 saturated heterocycles. The van der Waals surface area contributed by atoms with E-state index in [9.17, 15) is 0 Å². The fourth-order valence-electron chi connectivity index (χ4n) is 1.58. The van der Waals surface area contributed by atoms with E-state index in [0.29, 0.717) is 10.9 Å². The van der Waals surface area contributed by atoms with Gasteiger partial charge in [0.25, 0.3) is 0 Å². The normalized spacial score (nSPS) is 10.4. The third-order valence-corrected chi connectivity index (χ3v) is 3.28. The van der Waals surface area contributed by atoms with E-state index in [1.54, 1.807) is 7.11 Å². The first kappa shape index (κ1) is 10.8. The molecular formula is C11H13N3OS. The van der Waals surface area contributed by atoms with Gasteiger partial charge in [0.2, 0.25) is 0 Å². The van der Waals surface area contributed by atoms with Crippen LogP contribution in [0.4, 0.5) is 10.9 Å². The maximum atomic E-state index is 5.78. The lowest BCUT2D eigenvalue weighted by Crippen LogP contribution is -1.90. The van der Waals surface area contributed by atoms with Crippen LogP contribution in [0.1, 0.15) is 5.56 Å². The van der Waals surface area contributed by atoms with Gasteiger partial charge < -0.3 is 16.2 Å². The molecule has 84 valence electrons. The molecule has 0 atom stereocenters. The van der Waals surface area contributed by atoms with Gasteiger partial charge in [-0.1, -0.05) is 11.3 Å². The Labute approximate surface area is 97.9 Å². The Kier molecular flexibility index (Phi) is 2.70. The second kappa shape index (κ2) is 4.02. The summed E-state index contributed by atoms with van der Waals surface area (Å²) in [5.74, 6) is 1.34. The molecule has 0 aliphatic carbocycles. The summed E-state index contributed by atoms with van der Waals surface area (Å²) in [5, 5.41) is 0.487. The van der Waals surface area contributed by atoms with Crippen molar-refractivity contribution in [3.05, 3.63) is 23.8 Å². The van der Waals surface area contributed by atoms with Gasteiger partial charge >= 0.3 is 0 Å². The fraction of sp³-hybridized carbons (Fsp3) is 0.182. The molecule has 4 N–H and O–H groups in total. The van der Waals surface area contributed by atoms with E-state index in [-0.39, 0.29) is 0 Å². The topological polar surface area (TPSA) is 74.2 Å². The molecule has 1 heterocycles. The van der Waals surface area contributed by atoms with Crippen molar-refractivity contribution in [2.45, 2.75) is 6.92 Å².